The number of carbonyl (C=O) groups is 1. The molecule has 5 nitrogen and oxygen atoms in total. The Balaban J connectivity index is 1.94. The lowest BCUT2D eigenvalue weighted by atomic mass is 10.0. The Bertz CT molecular complexity index is 785. The van der Waals surface area contributed by atoms with E-state index in [-0.39, 0.29) is 29.9 Å². The lowest BCUT2D eigenvalue weighted by Crippen LogP contribution is -2.32. The molecule has 2 N–H and O–H groups in total. The van der Waals surface area contributed by atoms with Crippen LogP contribution in [0.2, 0.25) is 0 Å². The van der Waals surface area contributed by atoms with Crippen LogP contribution >= 0.6 is 0 Å². The van der Waals surface area contributed by atoms with Crippen LogP contribution in [0.25, 0.3) is 0 Å². The minimum atomic E-state index is -0.628. The van der Waals surface area contributed by atoms with E-state index in [1.807, 2.05) is 0 Å². The molecule has 0 unspecified atom stereocenters. The predicted molar refractivity (Wildman–Crippen MR) is 82.6 cm³/mol. The third-order valence-electron chi connectivity index (χ3n) is 4.16. The number of nitrogens with one attached hydrogen (secondary N) is 1. The normalized spacial score (nSPS) is 20.7. The number of pyridine rings is 1. The Kier molecular flexibility index (Phi) is 4.00. The molecule has 0 radical (unpaired) electrons. The average molecular weight is 316 g/mol. The first kappa shape index (κ1) is 15.4. The number of aromatic nitrogens is 1. The van der Waals surface area contributed by atoms with Gasteiger partial charge in [0.1, 0.15) is 5.82 Å². The molecule has 1 amide bonds. The van der Waals surface area contributed by atoms with Crippen molar-refractivity contribution in [3.63, 3.8) is 0 Å². The van der Waals surface area contributed by atoms with E-state index in [1.54, 1.807) is 24.0 Å². The maximum absolute atomic E-state index is 13.1. The van der Waals surface area contributed by atoms with Crippen molar-refractivity contribution in [2.45, 2.75) is 25.5 Å². The van der Waals surface area contributed by atoms with Gasteiger partial charge < -0.3 is 15.0 Å². The van der Waals surface area contributed by atoms with Gasteiger partial charge in [-0.3, -0.25) is 9.59 Å². The lowest BCUT2D eigenvalue weighted by molar-refractivity contribution is 0.0714. The Morgan fingerprint density at radius 1 is 1.35 bits per heavy atom. The molecule has 0 aliphatic carbocycles. The first-order valence-corrected chi connectivity index (χ1v) is 7.39. The molecule has 0 bridgehead atoms. The molecule has 1 fully saturated rings. The van der Waals surface area contributed by atoms with Crippen LogP contribution in [-0.2, 0) is 0 Å². The molecule has 1 aromatic heterocycles. The van der Waals surface area contributed by atoms with E-state index < -0.39 is 6.10 Å². The Labute approximate surface area is 132 Å². The second-order valence-corrected chi connectivity index (χ2v) is 5.81. The van der Waals surface area contributed by atoms with Crippen molar-refractivity contribution in [3.05, 3.63) is 69.4 Å². The number of aromatic amines is 1. The fourth-order valence-corrected chi connectivity index (χ4v) is 3.00. The summed E-state index contributed by atoms with van der Waals surface area (Å²) in [7, 11) is 0. The molecule has 1 aromatic carbocycles. The summed E-state index contributed by atoms with van der Waals surface area (Å²) in [6.45, 7) is 1.90. The van der Waals surface area contributed by atoms with Gasteiger partial charge in [-0.2, -0.15) is 0 Å². The van der Waals surface area contributed by atoms with Crippen LogP contribution in [0.1, 0.15) is 33.9 Å². The van der Waals surface area contributed by atoms with Gasteiger partial charge in [-0.15, -0.1) is 0 Å². The smallest absolute Gasteiger partial charge is 0.256 e. The van der Waals surface area contributed by atoms with Gasteiger partial charge in [0.25, 0.3) is 5.91 Å². The number of hydrogen-bond donors (Lipinski definition) is 2. The fraction of sp³-hybridized carbons (Fsp3) is 0.294. The summed E-state index contributed by atoms with van der Waals surface area (Å²) in [4.78, 5) is 28.2. The van der Waals surface area contributed by atoms with E-state index in [0.717, 1.165) is 5.56 Å². The van der Waals surface area contributed by atoms with Crippen molar-refractivity contribution in [2.75, 3.05) is 6.54 Å². The van der Waals surface area contributed by atoms with Gasteiger partial charge in [-0.05, 0) is 36.6 Å². The summed E-state index contributed by atoms with van der Waals surface area (Å²) in [5.41, 5.74) is 1.48. The Hall–Kier alpha value is -2.47. The van der Waals surface area contributed by atoms with Crippen LogP contribution in [0.15, 0.2) is 41.3 Å². The van der Waals surface area contributed by atoms with Crippen LogP contribution in [0, 0.1) is 12.7 Å². The van der Waals surface area contributed by atoms with Gasteiger partial charge >= 0.3 is 0 Å². The quantitative estimate of drug-likeness (QED) is 0.887. The Morgan fingerprint density at radius 3 is 2.70 bits per heavy atom. The third-order valence-corrected chi connectivity index (χ3v) is 4.16. The molecule has 1 aliphatic heterocycles. The topological polar surface area (TPSA) is 73.4 Å². The first-order valence-electron chi connectivity index (χ1n) is 7.39. The number of hydrogen-bond acceptors (Lipinski definition) is 3. The number of carbonyl (C=O) groups excluding carboxylic acids is 1. The second kappa shape index (κ2) is 5.96. The number of H-pyrrole nitrogens is 1. The van der Waals surface area contributed by atoms with Gasteiger partial charge in [-0.1, -0.05) is 12.1 Å². The highest BCUT2D eigenvalue weighted by Gasteiger charge is 2.36. The molecular weight excluding hydrogens is 299 g/mol. The van der Waals surface area contributed by atoms with Crippen molar-refractivity contribution >= 4 is 5.91 Å². The minimum absolute atomic E-state index is 0.208. The lowest BCUT2D eigenvalue weighted by Gasteiger charge is -2.25. The summed E-state index contributed by atoms with van der Waals surface area (Å²) in [5.74, 6) is -0.605. The van der Waals surface area contributed by atoms with E-state index in [9.17, 15) is 19.1 Å². The predicted octanol–water partition coefficient (Wildman–Crippen LogP) is 1.77. The number of likely N-dealkylation sites (tertiary alicyclic amines) is 1. The van der Waals surface area contributed by atoms with Gasteiger partial charge in [-0.25, -0.2) is 4.39 Å². The minimum Gasteiger partial charge on any atom is -0.391 e. The van der Waals surface area contributed by atoms with E-state index in [0.29, 0.717) is 17.5 Å². The maximum atomic E-state index is 13.1. The summed E-state index contributed by atoms with van der Waals surface area (Å²) < 4.78 is 13.1. The molecule has 0 saturated carbocycles. The summed E-state index contributed by atoms with van der Waals surface area (Å²) in [5, 5.41) is 9.97. The summed E-state index contributed by atoms with van der Waals surface area (Å²) >= 11 is 0. The molecule has 1 aliphatic rings. The summed E-state index contributed by atoms with van der Waals surface area (Å²) in [6, 6.07) is 6.98. The second-order valence-electron chi connectivity index (χ2n) is 5.81. The van der Waals surface area contributed by atoms with Crippen molar-refractivity contribution in [1.29, 1.82) is 0 Å². The monoisotopic (exact) mass is 316 g/mol. The zero-order valence-corrected chi connectivity index (χ0v) is 12.6. The standard InChI is InChI=1S/C17H17FN2O3/c1-10-6-16(22)19-8-14(10)17(23)20-9-13(21)7-15(20)11-2-4-12(18)5-3-11/h2-6,8,13,15,21H,7,9H2,1H3,(H,19,22)/t13-,15+/m0/s1. The molecule has 23 heavy (non-hydrogen) atoms. The van der Waals surface area contributed by atoms with Gasteiger partial charge in [0.15, 0.2) is 0 Å². The first-order chi connectivity index (χ1) is 11.0. The Morgan fingerprint density at radius 2 is 2.04 bits per heavy atom. The molecule has 1 saturated heterocycles. The number of rotatable bonds is 2. The average Bonchev–Trinajstić information content (AvgIpc) is 2.89. The largest absolute Gasteiger partial charge is 0.391 e. The number of amides is 1. The van der Waals surface area contributed by atoms with E-state index in [4.69, 9.17) is 0 Å². The van der Waals surface area contributed by atoms with Crippen LogP contribution in [0.3, 0.4) is 0 Å². The molecule has 0 spiro atoms. The van der Waals surface area contributed by atoms with Crippen molar-refractivity contribution in [2.24, 2.45) is 0 Å². The van der Waals surface area contributed by atoms with Gasteiger partial charge in [0, 0.05) is 18.8 Å². The SMILES string of the molecule is Cc1cc(=O)[nH]cc1C(=O)N1C[C@@H](O)C[C@@H]1c1ccc(F)cc1. The highest BCUT2D eigenvalue weighted by Crippen LogP contribution is 2.33. The fourth-order valence-electron chi connectivity index (χ4n) is 3.00. The van der Waals surface area contributed by atoms with E-state index >= 15 is 0 Å². The number of aliphatic hydroxyl groups is 1. The van der Waals surface area contributed by atoms with Crippen LogP contribution in [-0.4, -0.2) is 33.5 Å². The number of halogens is 1. The third kappa shape index (κ3) is 3.03. The number of β-amino-alcohol motifs (C(OH)–C–C–N with tert-alkyl or cyclic N) is 1. The molecule has 2 atom stereocenters. The molecule has 6 heteroatoms. The number of benzene rings is 1. The zero-order valence-electron chi connectivity index (χ0n) is 12.6. The van der Waals surface area contributed by atoms with Crippen molar-refractivity contribution in [1.82, 2.24) is 9.88 Å². The number of aryl methyl sites for hydroxylation is 1. The van der Waals surface area contributed by atoms with Crippen LogP contribution < -0.4 is 5.56 Å². The van der Waals surface area contributed by atoms with Crippen LogP contribution in [0.5, 0.6) is 0 Å². The molecule has 2 heterocycles. The number of nitrogens with zero attached hydrogens (tertiary/aromatic N) is 1. The van der Waals surface area contributed by atoms with Crippen molar-refractivity contribution < 1.29 is 14.3 Å². The summed E-state index contributed by atoms with van der Waals surface area (Å²) in [6.07, 6.45) is 1.17. The number of aliphatic hydroxyl groups excluding tert-OH is 1. The van der Waals surface area contributed by atoms with Crippen LogP contribution in [0.4, 0.5) is 4.39 Å². The molecule has 2 aromatic rings. The van der Waals surface area contributed by atoms with Gasteiger partial charge in [0.05, 0.1) is 17.7 Å². The highest BCUT2D eigenvalue weighted by atomic mass is 19.1. The van der Waals surface area contributed by atoms with Crippen molar-refractivity contribution in [3.8, 4) is 0 Å². The molecule has 3 rings (SSSR count). The highest BCUT2D eigenvalue weighted by molar-refractivity contribution is 5.95. The van der Waals surface area contributed by atoms with E-state index in [1.165, 1.54) is 24.4 Å². The zero-order chi connectivity index (χ0) is 16.6. The van der Waals surface area contributed by atoms with Gasteiger partial charge in [0.2, 0.25) is 5.56 Å². The molecular formula is C17H17FN2O3. The molecule has 120 valence electrons. The maximum Gasteiger partial charge on any atom is 0.256 e. The van der Waals surface area contributed by atoms with E-state index in [2.05, 4.69) is 4.98 Å².